The Morgan fingerprint density at radius 3 is 2.41 bits per heavy atom. The van der Waals surface area contributed by atoms with Crippen molar-refractivity contribution in [1.29, 1.82) is 5.26 Å². The fourth-order valence-corrected chi connectivity index (χ4v) is 4.86. The number of aliphatic carboxylic acids is 1. The first-order chi connectivity index (χ1) is 15.0. The summed E-state index contributed by atoms with van der Waals surface area (Å²) in [5, 5.41) is 22.1. The number of carboxylic acids is 1. The van der Waals surface area contributed by atoms with E-state index in [1.54, 1.807) is 6.07 Å². The van der Waals surface area contributed by atoms with E-state index in [2.05, 4.69) is 10.3 Å². The molecule has 0 bridgehead atoms. The molecule has 1 aliphatic rings. The molecule has 7 nitrogen and oxygen atoms in total. The third kappa shape index (κ3) is 4.36. The molecule has 0 saturated heterocycles. The minimum absolute atomic E-state index is 0.0689. The summed E-state index contributed by atoms with van der Waals surface area (Å²) in [7, 11) is -4.07. The normalized spacial score (nSPS) is 17.0. The Morgan fingerprint density at radius 1 is 1.22 bits per heavy atom. The van der Waals surface area contributed by atoms with Crippen molar-refractivity contribution in [2.24, 2.45) is 0 Å². The molecule has 0 spiro atoms. The lowest BCUT2D eigenvalue weighted by molar-refractivity contribution is -0.139. The molecule has 166 valence electrons. The summed E-state index contributed by atoms with van der Waals surface area (Å²) < 4.78 is 66.7. The number of rotatable bonds is 5. The number of nitriles is 1. The molecular formula is C21H16F3N3O4S. The summed E-state index contributed by atoms with van der Waals surface area (Å²) in [5.41, 5.74) is -2.69. The lowest BCUT2D eigenvalue weighted by Gasteiger charge is -2.30. The molecule has 32 heavy (non-hydrogen) atoms. The molecule has 0 saturated carbocycles. The number of nitrogens with zero attached hydrogens (tertiary/aromatic N) is 2. The van der Waals surface area contributed by atoms with Crippen LogP contribution in [0.1, 0.15) is 24.0 Å². The molecule has 0 amide bonds. The average Bonchev–Trinajstić information content (AvgIpc) is 2.72. The van der Waals surface area contributed by atoms with Crippen LogP contribution in [0.2, 0.25) is 0 Å². The maximum absolute atomic E-state index is 13.7. The van der Waals surface area contributed by atoms with Crippen LogP contribution in [0.5, 0.6) is 0 Å². The highest BCUT2D eigenvalue weighted by Gasteiger charge is 2.41. The third-order valence-corrected chi connectivity index (χ3v) is 6.58. The number of hydrogen-bond acceptors (Lipinski definition) is 6. The zero-order valence-electron chi connectivity index (χ0n) is 16.5. The molecule has 1 unspecified atom stereocenters. The average molecular weight is 463 g/mol. The van der Waals surface area contributed by atoms with Gasteiger partial charge < -0.3 is 10.4 Å². The fourth-order valence-electron chi connectivity index (χ4n) is 3.55. The van der Waals surface area contributed by atoms with E-state index in [-0.39, 0.29) is 21.9 Å². The first-order valence-electron chi connectivity index (χ1n) is 9.10. The number of carbonyl (C=O) groups is 1. The Bertz CT molecular complexity index is 1280. The molecule has 0 aliphatic carbocycles. The number of aromatic nitrogens is 1. The van der Waals surface area contributed by atoms with Crippen molar-refractivity contribution in [1.82, 2.24) is 10.3 Å². The van der Waals surface area contributed by atoms with E-state index in [4.69, 9.17) is 0 Å². The molecule has 2 heterocycles. The minimum Gasteiger partial charge on any atom is -0.478 e. The summed E-state index contributed by atoms with van der Waals surface area (Å²) in [6.45, 7) is 1.37. The summed E-state index contributed by atoms with van der Waals surface area (Å²) in [5.74, 6) is -4.07. The lowest BCUT2D eigenvalue weighted by atomic mass is 9.79. The van der Waals surface area contributed by atoms with E-state index in [9.17, 15) is 36.8 Å². The van der Waals surface area contributed by atoms with Crippen LogP contribution in [0, 0.1) is 11.3 Å². The maximum Gasteiger partial charge on any atom is 0.416 e. The van der Waals surface area contributed by atoms with E-state index in [0.29, 0.717) is 0 Å². The number of halogens is 3. The number of alkyl halides is 3. The van der Waals surface area contributed by atoms with Gasteiger partial charge in [0.1, 0.15) is 0 Å². The summed E-state index contributed by atoms with van der Waals surface area (Å²) >= 11 is 0. The first kappa shape index (κ1) is 23.0. The molecule has 1 aromatic carbocycles. The van der Waals surface area contributed by atoms with Crippen LogP contribution in [-0.2, 0) is 20.8 Å². The molecular weight excluding hydrogens is 447 g/mol. The van der Waals surface area contributed by atoms with E-state index in [0.717, 1.165) is 18.2 Å². The standard InChI is InChI=1S/C21H16F3N3O4S/c1-12-15(10-25)18(14-4-2-3-5-16(14)21(22,23)24)19(20(28)29)17(27-12)11-32(30,31)13-6-8-26-9-7-13/h2-9,18,27H,11H2,1H3,(H,28,29). The molecule has 1 aromatic heterocycles. The smallest absolute Gasteiger partial charge is 0.416 e. The van der Waals surface area contributed by atoms with Gasteiger partial charge in [0, 0.05) is 23.8 Å². The second kappa shape index (κ2) is 8.47. The van der Waals surface area contributed by atoms with Gasteiger partial charge in [0.05, 0.1) is 39.3 Å². The molecule has 0 fully saturated rings. The van der Waals surface area contributed by atoms with Crippen molar-refractivity contribution in [3.05, 3.63) is 82.5 Å². The maximum atomic E-state index is 13.7. The SMILES string of the molecule is CC1=C(C#N)C(c2ccccc2C(F)(F)F)C(C(=O)O)=C(CS(=O)(=O)c2ccncc2)N1. The number of dihydropyridines is 1. The van der Waals surface area contributed by atoms with Gasteiger partial charge in [0.25, 0.3) is 0 Å². The van der Waals surface area contributed by atoms with E-state index in [1.165, 1.54) is 37.5 Å². The van der Waals surface area contributed by atoms with Crippen LogP contribution >= 0.6 is 0 Å². The largest absolute Gasteiger partial charge is 0.478 e. The van der Waals surface area contributed by atoms with Crippen molar-refractivity contribution in [3.8, 4) is 6.07 Å². The highest BCUT2D eigenvalue weighted by atomic mass is 32.2. The predicted molar refractivity (Wildman–Crippen MR) is 107 cm³/mol. The number of pyridine rings is 1. The predicted octanol–water partition coefficient (Wildman–Crippen LogP) is 3.40. The van der Waals surface area contributed by atoms with E-state index < -0.39 is 50.4 Å². The third-order valence-electron chi connectivity index (χ3n) is 4.92. The van der Waals surface area contributed by atoms with Crippen LogP contribution in [-0.4, -0.2) is 30.2 Å². The number of allylic oxidation sites excluding steroid dienone is 2. The Balaban J connectivity index is 2.25. The Labute approximate surface area is 181 Å². The second-order valence-corrected chi connectivity index (χ2v) is 8.92. The van der Waals surface area contributed by atoms with Gasteiger partial charge >= 0.3 is 12.1 Å². The summed E-state index contributed by atoms with van der Waals surface area (Å²) in [6, 6.07) is 8.53. The number of carboxylic acid groups (broad SMARTS) is 1. The first-order valence-corrected chi connectivity index (χ1v) is 10.8. The number of nitrogens with one attached hydrogen (secondary N) is 1. The Morgan fingerprint density at radius 2 is 1.84 bits per heavy atom. The van der Waals surface area contributed by atoms with E-state index >= 15 is 0 Å². The van der Waals surface area contributed by atoms with Crippen LogP contribution in [0.4, 0.5) is 13.2 Å². The summed E-state index contributed by atoms with van der Waals surface area (Å²) in [4.78, 5) is 15.8. The van der Waals surface area contributed by atoms with Gasteiger partial charge in [-0.2, -0.15) is 18.4 Å². The van der Waals surface area contributed by atoms with Crippen LogP contribution in [0.15, 0.2) is 76.2 Å². The lowest BCUT2D eigenvalue weighted by Crippen LogP contribution is -2.33. The molecule has 1 atom stereocenters. The highest BCUT2D eigenvalue weighted by Crippen LogP contribution is 2.43. The topological polar surface area (TPSA) is 120 Å². The molecule has 2 N–H and O–H groups in total. The zero-order chi connectivity index (χ0) is 23.7. The Kier molecular flexibility index (Phi) is 6.09. The van der Waals surface area contributed by atoms with Gasteiger partial charge in [-0.1, -0.05) is 18.2 Å². The number of hydrogen-bond donors (Lipinski definition) is 2. The van der Waals surface area contributed by atoms with Gasteiger partial charge in [-0.3, -0.25) is 4.98 Å². The van der Waals surface area contributed by atoms with Gasteiger partial charge in [0.2, 0.25) is 0 Å². The second-order valence-electron chi connectivity index (χ2n) is 6.93. The van der Waals surface area contributed by atoms with Crippen molar-refractivity contribution in [3.63, 3.8) is 0 Å². The fraction of sp³-hybridized carbons (Fsp3) is 0.190. The van der Waals surface area contributed by atoms with Crippen molar-refractivity contribution in [2.45, 2.75) is 23.9 Å². The van der Waals surface area contributed by atoms with Gasteiger partial charge in [-0.05, 0) is 30.7 Å². The van der Waals surface area contributed by atoms with Crippen molar-refractivity contribution >= 4 is 15.8 Å². The Hall–Kier alpha value is -3.65. The number of benzene rings is 1. The molecule has 1 aliphatic heterocycles. The number of sulfone groups is 1. The van der Waals surface area contributed by atoms with Crippen molar-refractivity contribution in [2.75, 3.05) is 5.75 Å². The van der Waals surface area contributed by atoms with Crippen LogP contribution in [0.25, 0.3) is 0 Å². The van der Waals surface area contributed by atoms with Crippen LogP contribution in [0.3, 0.4) is 0 Å². The quantitative estimate of drug-likeness (QED) is 0.697. The van der Waals surface area contributed by atoms with E-state index in [1.807, 2.05) is 0 Å². The van der Waals surface area contributed by atoms with Gasteiger partial charge in [-0.15, -0.1) is 0 Å². The van der Waals surface area contributed by atoms with Gasteiger partial charge in [0.15, 0.2) is 9.84 Å². The molecule has 2 aromatic rings. The van der Waals surface area contributed by atoms with Crippen molar-refractivity contribution < 1.29 is 31.5 Å². The monoisotopic (exact) mass is 463 g/mol. The molecule has 3 rings (SSSR count). The molecule has 0 radical (unpaired) electrons. The minimum atomic E-state index is -4.82. The zero-order valence-corrected chi connectivity index (χ0v) is 17.3. The highest BCUT2D eigenvalue weighted by molar-refractivity contribution is 7.91. The van der Waals surface area contributed by atoms with Gasteiger partial charge in [-0.25, -0.2) is 13.2 Å². The molecule has 11 heteroatoms. The van der Waals surface area contributed by atoms with Crippen LogP contribution < -0.4 is 5.32 Å². The summed E-state index contributed by atoms with van der Waals surface area (Å²) in [6.07, 6.45) is -2.33.